The summed E-state index contributed by atoms with van der Waals surface area (Å²) in [4.78, 5) is 16.4. The Balaban J connectivity index is 1.56. The van der Waals surface area contributed by atoms with E-state index in [2.05, 4.69) is 15.4 Å². The lowest BCUT2D eigenvalue weighted by molar-refractivity contribution is -0.126. The normalized spacial score (nSPS) is 16.3. The van der Waals surface area contributed by atoms with Crippen molar-refractivity contribution >= 4 is 5.91 Å². The third-order valence-electron chi connectivity index (χ3n) is 4.55. The number of aliphatic hydroxyl groups is 1. The van der Waals surface area contributed by atoms with E-state index in [0.717, 1.165) is 48.5 Å². The third-order valence-corrected chi connectivity index (χ3v) is 4.55. The maximum atomic E-state index is 12.0. The van der Waals surface area contributed by atoms with E-state index in [4.69, 9.17) is 0 Å². The van der Waals surface area contributed by atoms with Crippen molar-refractivity contribution in [3.05, 3.63) is 41.3 Å². The summed E-state index contributed by atoms with van der Waals surface area (Å²) in [6.07, 6.45) is 5.38. The first kappa shape index (κ1) is 16.6. The molecule has 0 radical (unpaired) electrons. The second kappa shape index (κ2) is 6.73. The summed E-state index contributed by atoms with van der Waals surface area (Å²) in [5.41, 5.74) is 2.11. The van der Waals surface area contributed by atoms with Gasteiger partial charge in [0.15, 0.2) is 5.82 Å². The number of rotatable bonds is 5. The van der Waals surface area contributed by atoms with Crippen LogP contribution in [0.3, 0.4) is 0 Å². The van der Waals surface area contributed by atoms with Gasteiger partial charge in [-0.2, -0.15) is 5.10 Å². The first-order valence-corrected chi connectivity index (χ1v) is 8.43. The van der Waals surface area contributed by atoms with Gasteiger partial charge in [-0.1, -0.05) is 18.9 Å². The molecule has 2 N–H and O–H groups in total. The van der Waals surface area contributed by atoms with Crippen LogP contribution in [0.1, 0.15) is 49.1 Å². The molecule has 0 aromatic carbocycles. The number of hydrogen-bond acceptors (Lipinski definition) is 4. The Bertz CT molecular complexity index is 715. The van der Waals surface area contributed by atoms with Crippen LogP contribution < -0.4 is 5.32 Å². The van der Waals surface area contributed by atoms with Crippen molar-refractivity contribution in [2.75, 3.05) is 0 Å². The van der Waals surface area contributed by atoms with Gasteiger partial charge in [-0.05, 0) is 44.4 Å². The first-order valence-electron chi connectivity index (χ1n) is 8.43. The van der Waals surface area contributed by atoms with E-state index in [9.17, 15) is 9.90 Å². The van der Waals surface area contributed by atoms with Gasteiger partial charge in [0, 0.05) is 18.4 Å². The molecule has 1 fully saturated rings. The summed E-state index contributed by atoms with van der Waals surface area (Å²) in [7, 11) is 0. The molecule has 0 bridgehead atoms. The Morgan fingerprint density at radius 2 is 2.08 bits per heavy atom. The number of aryl methyl sites for hydroxylation is 2. The van der Waals surface area contributed by atoms with Gasteiger partial charge in [0.1, 0.15) is 0 Å². The number of nitrogens with zero attached hydrogens (tertiary/aromatic N) is 3. The maximum absolute atomic E-state index is 12.0. The molecular formula is C18H24N4O2. The van der Waals surface area contributed by atoms with Crippen molar-refractivity contribution in [2.24, 2.45) is 0 Å². The molecule has 1 aliphatic rings. The standard InChI is InChI=1S/C18H24N4O2/c1-13-9-14(2)22(21-13)16-6-5-15(11-19-16)12-20-17(23)10-18(24)7-3-4-8-18/h5-6,9,11,24H,3-4,7-8,10,12H2,1-2H3,(H,20,23). The number of pyridine rings is 1. The summed E-state index contributed by atoms with van der Waals surface area (Å²) in [6, 6.07) is 5.83. The number of nitrogens with one attached hydrogen (secondary N) is 1. The second-order valence-corrected chi connectivity index (χ2v) is 6.75. The summed E-state index contributed by atoms with van der Waals surface area (Å²) in [6.45, 7) is 4.36. The van der Waals surface area contributed by atoms with Gasteiger partial charge in [-0.15, -0.1) is 0 Å². The highest BCUT2D eigenvalue weighted by atomic mass is 16.3. The molecule has 2 aromatic rings. The largest absolute Gasteiger partial charge is 0.389 e. The molecule has 3 rings (SSSR count). The highest BCUT2D eigenvalue weighted by molar-refractivity contribution is 5.77. The fourth-order valence-corrected chi connectivity index (χ4v) is 3.28. The molecule has 0 saturated heterocycles. The molecule has 0 spiro atoms. The Morgan fingerprint density at radius 1 is 1.33 bits per heavy atom. The summed E-state index contributed by atoms with van der Waals surface area (Å²) < 4.78 is 1.80. The molecule has 1 aliphatic carbocycles. The van der Waals surface area contributed by atoms with E-state index >= 15 is 0 Å². The SMILES string of the molecule is Cc1cc(C)n(-c2ccc(CNC(=O)CC3(O)CCCC3)cn2)n1. The van der Waals surface area contributed by atoms with Crippen LogP contribution in [0.15, 0.2) is 24.4 Å². The quantitative estimate of drug-likeness (QED) is 0.882. The molecular weight excluding hydrogens is 304 g/mol. The molecule has 128 valence electrons. The van der Waals surface area contributed by atoms with Crippen molar-refractivity contribution in [1.82, 2.24) is 20.1 Å². The zero-order valence-corrected chi connectivity index (χ0v) is 14.2. The predicted molar refractivity (Wildman–Crippen MR) is 90.7 cm³/mol. The van der Waals surface area contributed by atoms with Gasteiger partial charge >= 0.3 is 0 Å². The molecule has 2 aromatic heterocycles. The van der Waals surface area contributed by atoms with Crippen molar-refractivity contribution in [3.8, 4) is 5.82 Å². The monoisotopic (exact) mass is 328 g/mol. The van der Waals surface area contributed by atoms with Crippen LogP contribution in [0.25, 0.3) is 5.82 Å². The van der Waals surface area contributed by atoms with E-state index in [1.54, 1.807) is 10.9 Å². The lowest BCUT2D eigenvalue weighted by Crippen LogP contribution is -2.34. The zero-order valence-electron chi connectivity index (χ0n) is 14.2. The molecule has 0 atom stereocenters. The highest BCUT2D eigenvalue weighted by Crippen LogP contribution is 2.32. The molecule has 0 unspecified atom stereocenters. The van der Waals surface area contributed by atoms with Crippen molar-refractivity contribution in [2.45, 2.75) is 58.1 Å². The van der Waals surface area contributed by atoms with E-state index < -0.39 is 5.60 Å². The fourth-order valence-electron chi connectivity index (χ4n) is 3.28. The molecule has 1 amide bonds. The van der Waals surface area contributed by atoms with Crippen LogP contribution in [-0.4, -0.2) is 31.4 Å². The Kier molecular flexibility index (Phi) is 4.66. The van der Waals surface area contributed by atoms with Gasteiger partial charge in [-0.25, -0.2) is 9.67 Å². The van der Waals surface area contributed by atoms with Crippen molar-refractivity contribution in [3.63, 3.8) is 0 Å². The number of carbonyl (C=O) groups excluding carboxylic acids is 1. The van der Waals surface area contributed by atoms with Crippen LogP contribution >= 0.6 is 0 Å². The molecule has 1 saturated carbocycles. The van der Waals surface area contributed by atoms with Crippen LogP contribution in [0.4, 0.5) is 0 Å². The predicted octanol–water partition coefficient (Wildman–Crippen LogP) is 2.20. The van der Waals surface area contributed by atoms with E-state index in [1.807, 2.05) is 32.0 Å². The lowest BCUT2D eigenvalue weighted by Gasteiger charge is -2.21. The number of hydrogen-bond donors (Lipinski definition) is 2. The van der Waals surface area contributed by atoms with Gasteiger partial charge < -0.3 is 10.4 Å². The lowest BCUT2D eigenvalue weighted by atomic mass is 9.98. The van der Waals surface area contributed by atoms with Crippen molar-refractivity contribution < 1.29 is 9.90 Å². The van der Waals surface area contributed by atoms with E-state index in [-0.39, 0.29) is 12.3 Å². The first-order chi connectivity index (χ1) is 11.5. The summed E-state index contributed by atoms with van der Waals surface area (Å²) >= 11 is 0. The van der Waals surface area contributed by atoms with Crippen molar-refractivity contribution in [1.29, 1.82) is 0 Å². The highest BCUT2D eigenvalue weighted by Gasteiger charge is 2.33. The minimum Gasteiger partial charge on any atom is -0.389 e. The topological polar surface area (TPSA) is 80.0 Å². The minimum absolute atomic E-state index is 0.109. The Morgan fingerprint density at radius 3 is 2.67 bits per heavy atom. The van der Waals surface area contributed by atoms with Gasteiger partial charge in [0.25, 0.3) is 0 Å². The maximum Gasteiger partial charge on any atom is 0.223 e. The molecule has 24 heavy (non-hydrogen) atoms. The zero-order chi connectivity index (χ0) is 17.2. The second-order valence-electron chi connectivity index (χ2n) is 6.75. The number of carbonyl (C=O) groups is 1. The van der Waals surface area contributed by atoms with Crippen LogP contribution in [-0.2, 0) is 11.3 Å². The summed E-state index contributed by atoms with van der Waals surface area (Å²) in [5.74, 6) is 0.651. The molecule has 6 nitrogen and oxygen atoms in total. The van der Waals surface area contributed by atoms with Crippen LogP contribution in [0, 0.1) is 13.8 Å². The average Bonchev–Trinajstić information content (AvgIpc) is 3.11. The molecule has 2 heterocycles. The summed E-state index contributed by atoms with van der Waals surface area (Å²) in [5, 5.41) is 17.5. The van der Waals surface area contributed by atoms with E-state index in [0.29, 0.717) is 6.54 Å². The molecule has 0 aliphatic heterocycles. The average molecular weight is 328 g/mol. The number of amides is 1. The number of aromatic nitrogens is 3. The Labute approximate surface area is 141 Å². The third kappa shape index (κ3) is 3.82. The smallest absolute Gasteiger partial charge is 0.223 e. The Hall–Kier alpha value is -2.21. The van der Waals surface area contributed by atoms with E-state index in [1.165, 1.54) is 0 Å². The van der Waals surface area contributed by atoms with Gasteiger partial charge in [0.05, 0.1) is 17.7 Å². The van der Waals surface area contributed by atoms with Crippen LogP contribution in [0.5, 0.6) is 0 Å². The van der Waals surface area contributed by atoms with Gasteiger partial charge in [-0.3, -0.25) is 4.79 Å². The fraction of sp³-hybridized carbons (Fsp3) is 0.500. The molecule has 6 heteroatoms. The van der Waals surface area contributed by atoms with Gasteiger partial charge in [0.2, 0.25) is 5.91 Å². The van der Waals surface area contributed by atoms with Crippen LogP contribution in [0.2, 0.25) is 0 Å². The minimum atomic E-state index is -0.804.